The Hall–Kier alpha value is -3.88. The van der Waals surface area contributed by atoms with Gasteiger partial charge in [-0.05, 0) is 36.8 Å². The number of benzene rings is 3. The Morgan fingerprint density at radius 3 is 2.64 bits per heavy atom. The number of aromatic amines is 1. The number of hydrogen-bond donors (Lipinski definition) is 2. The molecule has 6 nitrogen and oxygen atoms in total. The summed E-state index contributed by atoms with van der Waals surface area (Å²) >= 11 is 2.65. The van der Waals surface area contributed by atoms with Crippen LogP contribution in [0.4, 0.5) is 5.69 Å². The van der Waals surface area contributed by atoms with Crippen LogP contribution < -0.4 is 10.9 Å². The van der Waals surface area contributed by atoms with Crippen molar-refractivity contribution in [3.05, 3.63) is 88.5 Å². The zero-order valence-corrected chi connectivity index (χ0v) is 21.1. The number of carbonyl (C=O) groups excluding carboxylic acids is 1. The third kappa shape index (κ3) is 3.98. The number of aromatic nitrogens is 3. The fraction of sp³-hybridized carbons (Fsp3) is 0.107. The molecule has 0 fully saturated rings. The van der Waals surface area contributed by atoms with Crippen LogP contribution in [0.3, 0.4) is 0 Å². The molecule has 0 saturated heterocycles. The highest BCUT2D eigenvalue weighted by Crippen LogP contribution is 2.32. The number of nitrogens with one attached hydrogen (secondary N) is 2. The molecule has 3 aromatic carbocycles. The van der Waals surface area contributed by atoms with Gasteiger partial charge in [-0.2, -0.15) is 0 Å². The van der Waals surface area contributed by atoms with Gasteiger partial charge in [-0.25, -0.2) is 4.98 Å². The Bertz CT molecular complexity index is 1800. The van der Waals surface area contributed by atoms with E-state index in [0.29, 0.717) is 15.4 Å². The number of H-pyrrole nitrogens is 1. The maximum atomic E-state index is 12.8. The van der Waals surface area contributed by atoms with Gasteiger partial charge in [-0.1, -0.05) is 60.3 Å². The lowest BCUT2D eigenvalue weighted by atomic mass is 10.1. The second-order valence-corrected chi connectivity index (χ2v) is 10.2. The fourth-order valence-electron chi connectivity index (χ4n) is 4.63. The van der Waals surface area contributed by atoms with Crippen molar-refractivity contribution in [1.29, 1.82) is 0 Å². The second-order valence-electron chi connectivity index (χ2n) is 8.40. The molecule has 0 saturated carbocycles. The van der Waals surface area contributed by atoms with E-state index in [0.717, 1.165) is 34.3 Å². The van der Waals surface area contributed by atoms with Gasteiger partial charge in [0.05, 0.1) is 11.1 Å². The van der Waals surface area contributed by atoms with Crippen LogP contribution in [0.1, 0.15) is 6.92 Å². The average molecular weight is 511 g/mol. The third-order valence-electron chi connectivity index (χ3n) is 6.22. The van der Waals surface area contributed by atoms with Crippen molar-refractivity contribution in [3.8, 4) is 11.1 Å². The molecule has 8 heteroatoms. The zero-order chi connectivity index (χ0) is 24.6. The number of thioether (sulfide) groups is 1. The molecule has 178 valence electrons. The molecule has 6 aromatic rings. The summed E-state index contributed by atoms with van der Waals surface area (Å²) < 4.78 is 2.28. The summed E-state index contributed by atoms with van der Waals surface area (Å²) in [4.78, 5) is 33.7. The predicted octanol–water partition coefficient (Wildman–Crippen LogP) is 6.51. The van der Waals surface area contributed by atoms with Crippen LogP contribution in [0.15, 0.2) is 88.1 Å². The van der Waals surface area contributed by atoms with Gasteiger partial charge in [0.1, 0.15) is 4.83 Å². The lowest BCUT2D eigenvalue weighted by Gasteiger charge is -2.07. The summed E-state index contributed by atoms with van der Waals surface area (Å²) in [5.41, 5.74) is 4.74. The Kier molecular flexibility index (Phi) is 5.83. The zero-order valence-electron chi connectivity index (χ0n) is 19.4. The maximum absolute atomic E-state index is 12.8. The minimum atomic E-state index is -0.194. The van der Waals surface area contributed by atoms with Crippen molar-refractivity contribution in [1.82, 2.24) is 14.5 Å². The van der Waals surface area contributed by atoms with Crippen molar-refractivity contribution in [2.24, 2.45) is 0 Å². The van der Waals surface area contributed by atoms with Crippen LogP contribution in [0.5, 0.6) is 0 Å². The van der Waals surface area contributed by atoms with Gasteiger partial charge in [0, 0.05) is 45.0 Å². The molecule has 36 heavy (non-hydrogen) atoms. The largest absolute Gasteiger partial charge is 0.341 e. The van der Waals surface area contributed by atoms with Gasteiger partial charge >= 0.3 is 0 Å². The van der Waals surface area contributed by atoms with Crippen molar-refractivity contribution in [3.63, 3.8) is 0 Å². The Balaban J connectivity index is 1.20. The standard InChI is InChI=1S/C28H22N4O2S2/c1-2-32-22-11-7-6-10-19(22)20-14-18(12-13-23(20)32)29-24(33)16-36-28-30-26(34)25-21(15-35-27(25)31-28)17-8-4-3-5-9-17/h3-15H,2,16H2,1H3,(H,29,33)(H,30,31,34). The van der Waals surface area contributed by atoms with E-state index in [9.17, 15) is 9.59 Å². The van der Waals surface area contributed by atoms with Crippen LogP contribution >= 0.6 is 23.1 Å². The number of thiophene rings is 1. The normalized spacial score (nSPS) is 11.5. The number of hydrogen-bond acceptors (Lipinski definition) is 5. The molecule has 0 aliphatic carbocycles. The molecular weight excluding hydrogens is 488 g/mol. The molecule has 3 heterocycles. The Morgan fingerprint density at radius 1 is 1.03 bits per heavy atom. The number of anilines is 1. The first-order chi connectivity index (χ1) is 17.6. The van der Waals surface area contributed by atoms with Crippen LogP contribution in [-0.4, -0.2) is 26.2 Å². The van der Waals surface area contributed by atoms with E-state index in [-0.39, 0.29) is 17.2 Å². The first-order valence-electron chi connectivity index (χ1n) is 11.6. The van der Waals surface area contributed by atoms with Crippen LogP contribution in [0, 0.1) is 0 Å². The third-order valence-corrected chi connectivity index (χ3v) is 7.96. The quantitative estimate of drug-likeness (QED) is 0.198. The van der Waals surface area contributed by atoms with Gasteiger partial charge in [0.25, 0.3) is 5.56 Å². The van der Waals surface area contributed by atoms with E-state index in [1.54, 1.807) is 0 Å². The number of aryl methyl sites for hydroxylation is 1. The van der Waals surface area contributed by atoms with Gasteiger partial charge in [-0.3, -0.25) is 9.59 Å². The number of rotatable bonds is 6. The smallest absolute Gasteiger partial charge is 0.260 e. The van der Waals surface area contributed by atoms with Gasteiger partial charge in [-0.15, -0.1) is 11.3 Å². The van der Waals surface area contributed by atoms with Crippen LogP contribution in [0.2, 0.25) is 0 Å². The summed E-state index contributed by atoms with van der Waals surface area (Å²) in [7, 11) is 0. The summed E-state index contributed by atoms with van der Waals surface area (Å²) in [6.07, 6.45) is 0. The molecule has 0 aliphatic heterocycles. The van der Waals surface area contributed by atoms with Crippen molar-refractivity contribution < 1.29 is 4.79 Å². The highest BCUT2D eigenvalue weighted by atomic mass is 32.2. The monoisotopic (exact) mass is 510 g/mol. The van der Waals surface area contributed by atoms with E-state index >= 15 is 0 Å². The lowest BCUT2D eigenvalue weighted by Crippen LogP contribution is -2.15. The first kappa shape index (κ1) is 22.6. The number of nitrogens with zero attached hydrogens (tertiary/aromatic N) is 2. The molecule has 0 unspecified atom stereocenters. The maximum Gasteiger partial charge on any atom is 0.260 e. The minimum absolute atomic E-state index is 0.139. The van der Waals surface area contributed by atoms with Crippen molar-refractivity contribution in [2.75, 3.05) is 11.1 Å². The molecule has 3 aromatic heterocycles. The SMILES string of the molecule is CCn1c2ccccc2c2cc(NC(=O)CSc3nc4scc(-c5ccccc5)c4c(=O)[nH]3)ccc21. The molecule has 6 rings (SSSR count). The topological polar surface area (TPSA) is 79.8 Å². The highest BCUT2D eigenvalue weighted by molar-refractivity contribution is 7.99. The van der Waals surface area contributed by atoms with Crippen LogP contribution in [0.25, 0.3) is 43.1 Å². The van der Waals surface area contributed by atoms with Crippen molar-refractivity contribution >= 4 is 66.7 Å². The van der Waals surface area contributed by atoms with Gasteiger partial charge < -0.3 is 14.9 Å². The summed E-state index contributed by atoms with van der Waals surface area (Å²) in [5, 5.41) is 8.24. The molecular formula is C28H22N4O2S2. The summed E-state index contributed by atoms with van der Waals surface area (Å²) in [5.74, 6) is -0.0161. The van der Waals surface area contributed by atoms with E-state index in [1.807, 2.05) is 60.0 Å². The van der Waals surface area contributed by atoms with Gasteiger partial charge in [0.15, 0.2) is 5.16 Å². The van der Waals surface area contributed by atoms with E-state index < -0.39 is 0 Å². The lowest BCUT2D eigenvalue weighted by molar-refractivity contribution is -0.113. The minimum Gasteiger partial charge on any atom is -0.341 e. The van der Waals surface area contributed by atoms with Gasteiger partial charge in [0.2, 0.25) is 5.91 Å². The Morgan fingerprint density at radius 2 is 1.81 bits per heavy atom. The molecule has 0 atom stereocenters. The molecule has 0 bridgehead atoms. The van der Waals surface area contributed by atoms with Crippen molar-refractivity contribution in [2.45, 2.75) is 18.6 Å². The molecule has 0 radical (unpaired) electrons. The second kappa shape index (κ2) is 9.29. The van der Waals surface area contributed by atoms with E-state index in [1.165, 1.54) is 34.0 Å². The Labute approximate surface area is 215 Å². The molecule has 0 spiro atoms. The average Bonchev–Trinajstić information content (AvgIpc) is 3.47. The van der Waals surface area contributed by atoms with E-state index in [2.05, 4.69) is 45.0 Å². The van der Waals surface area contributed by atoms with Crippen LogP contribution in [-0.2, 0) is 11.3 Å². The number of carbonyl (C=O) groups is 1. The fourth-order valence-corrected chi connectivity index (χ4v) is 6.30. The summed E-state index contributed by atoms with van der Waals surface area (Å²) in [6.45, 7) is 3.01. The summed E-state index contributed by atoms with van der Waals surface area (Å²) in [6, 6.07) is 24.1. The number of para-hydroxylation sites is 1. The predicted molar refractivity (Wildman–Crippen MR) is 150 cm³/mol. The molecule has 2 N–H and O–H groups in total. The highest BCUT2D eigenvalue weighted by Gasteiger charge is 2.15. The number of amides is 1. The molecule has 1 amide bonds. The molecule has 0 aliphatic rings. The number of fused-ring (bicyclic) bond motifs is 4. The first-order valence-corrected chi connectivity index (χ1v) is 13.5. The van der Waals surface area contributed by atoms with E-state index in [4.69, 9.17) is 0 Å².